The molecule has 0 fully saturated rings. The number of phenols is 1. The molecule has 0 saturated heterocycles. The van der Waals surface area contributed by atoms with Crippen LogP contribution in [0.4, 0.5) is 5.69 Å². The summed E-state index contributed by atoms with van der Waals surface area (Å²) in [4.78, 5) is 21.0. The Labute approximate surface area is 90.1 Å². The van der Waals surface area contributed by atoms with Gasteiger partial charge in [-0.3, -0.25) is 14.9 Å². The average molecular weight is 217 g/mol. The highest BCUT2D eigenvalue weighted by molar-refractivity contribution is 6.04. The number of carbonyl (C=O) groups is 1. The molecule has 1 N–H and O–H groups in total. The van der Waals surface area contributed by atoms with Crippen LogP contribution < -0.4 is 0 Å². The number of hydrogen-bond acceptors (Lipinski definition) is 4. The summed E-state index contributed by atoms with van der Waals surface area (Å²) in [5.74, 6) is -0.178. The minimum Gasteiger partial charge on any atom is -0.507 e. The molecule has 0 aromatic heterocycles. The number of phenolic OH excluding ortho intramolecular Hbond substituents is 1. The zero-order valence-corrected chi connectivity index (χ0v) is 8.08. The van der Waals surface area contributed by atoms with Crippen LogP contribution in [0, 0.1) is 10.1 Å². The molecule has 0 heterocycles. The predicted molar refractivity (Wildman–Crippen MR) is 57.7 cm³/mol. The number of nitro benzene ring substituents is 1. The van der Waals surface area contributed by atoms with Gasteiger partial charge in [0, 0.05) is 11.5 Å². The lowest BCUT2D eigenvalue weighted by molar-refractivity contribution is -0.383. The van der Waals surface area contributed by atoms with Crippen molar-refractivity contribution >= 4 is 22.7 Å². The van der Waals surface area contributed by atoms with E-state index in [1.54, 1.807) is 6.07 Å². The molecule has 0 spiro atoms. The summed E-state index contributed by atoms with van der Waals surface area (Å²) >= 11 is 0. The van der Waals surface area contributed by atoms with Gasteiger partial charge in [-0.15, -0.1) is 0 Å². The van der Waals surface area contributed by atoms with Gasteiger partial charge in [0.05, 0.1) is 15.9 Å². The topological polar surface area (TPSA) is 80.4 Å². The number of aldehydes is 1. The summed E-state index contributed by atoms with van der Waals surface area (Å²) in [5.41, 5.74) is -0.0122. The van der Waals surface area contributed by atoms with Crippen molar-refractivity contribution in [3.05, 3.63) is 46.0 Å². The van der Waals surface area contributed by atoms with Crippen LogP contribution in [-0.2, 0) is 0 Å². The van der Waals surface area contributed by atoms with Crippen LogP contribution in [0.3, 0.4) is 0 Å². The lowest BCUT2D eigenvalue weighted by atomic mass is 10.0. The van der Waals surface area contributed by atoms with Crippen LogP contribution in [0.25, 0.3) is 10.8 Å². The SMILES string of the molecule is O=Cc1c(O)ccc2c([N+](=O)[O-])cccc12. The van der Waals surface area contributed by atoms with E-state index in [2.05, 4.69) is 0 Å². The minimum atomic E-state index is -0.520. The highest BCUT2D eigenvalue weighted by atomic mass is 16.6. The molecule has 2 aromatic rings. The molecule has 0 radical (unpaired) electrons. The molecule has 2 aromatic carbocycles. The van der Waals surface area contributed by atoms with E-state index in [4.69, 9.17) is 0 Å². The minimum absolute atomic E-state index is 0.0706. The van der Waals surface area contributed by atoms with Gasteiger partial charge in [-0.05, 0) is 12.1 Å². The standard InChI is InChI=1S/C11H7NO4/c13-6-9-7-2-1-3-10(12(15)16)8(7)4-5-11(9)14/h1-6,14H. The molecule has 5 nitrogen and oxygen atoms in total. The number of hydrogen-bond donors (Lipinski definition) is 1. The maximum Gasteiger partial charge on any atom is 0.277 e. The Morgan fingerprint density at radius 2 is 1.94 bits per heavy atom. The Morgan fingerprint density at radius 1 is 1.19 bits per heavy atom. The number of benzene rings is 2. The van der Waals surface area contributed by atoms with Gasteiger partial charge in [0.2, 0.25) is 0 Å². The van der Waals surface area contributed by atoms with Gasteiger partial charge in [0.15, 0.2) is 6.29 Å². The van der Waals surface area contributed by atoms with Crippen molar-refractivity contribution in [1.82, 2.24) is 0 Å². The summed E-state index contributed by atoms with van der Waals surface area (Å²) in [6, 6.07) is 7.10. The third-order valence-electron chi connectivity index (χ3n) is 2.37. The third-order valence-corrected chi connectivity index (χ3v) is 2.37. The Balaban J connectivity index is 2.92. The molecule has 0 aliphatic heterocycles. The van der Waals surface area contributed by atoms with Crippen LogP contribution in [-0.4, -0.2) is 16.3 Å². The van der Waals surface area contributed by atoms with Crippen molar-refractivity contribution in [2.45, 2.75) is 0 Å². The Kier molecular flexibility index (Phi) is 2.28. The number of fused-ring (bicyclic) bond motifs is 1. The molecule has 0 atom stereocenters. The Morgan fingerprint density at radius 3 is 2.56 bits per heavy atom. The summed E-state index contributed by atoms with van der Waals surface area (Å²) in [5, 5.41) is 20.9. The molecule has 0 bridgehead atoms. The van der Waals surface area contributed by atoms with E-state index in [1.807, 2.05) is 0 Å². The number of non-ortho nitro benzene ring substituents is 1. The van der Waals surface area contributed by atoms with Gasteiger partial charge in [0.1, 0.15) is 5.75 Å². The zero-order chi connectivity index (χ0) is 11.7. The highest BCUT2D eigenvalue weighted by Gasteiger charge is 2.14. The molecular weight excluding hydrogens is 210 g/mol. The van der Waals surface area contributed by atoms with Crippen molar-refractivity contribution in [2.24, 2.45) is 0 Å². The van der Waals surface area contributed by atoms with Gasteiger partial charge >= 0.3 is 0 Å². The van der Waals surface area contributed by atoms with Crippen molar-refractivity contribution in [3.8, 4) is 5.75 Å². The normalized spacial score (nSPS) is 10.2. The van der Waals surface area contributed by atoms with Gasteiger partial charge in [-0.1, -0.05) is 12.1 Å². The predicted octanol–water partition coefficient (Wildman–Crippen LogP) is 2.27. The molecular formula is C11H7NO4. The lowest BCUT2D eigenvalue weighted by Crippen LogP contribution is -1.91. The summed E-state index contributed by atoms with van der Waals surface area (Å²) in [7, 11) is 0. The maximum atomic E-state index is 10.8. The molecule has 0 aliphatic rings. The van der Waals surface area contributed by atoms with E-state index in [-0.39, 0.29) is 17.0 Å². The highest BCUT2D eigenvalue weighted by Crippen LogP contribution is 2.31. The molecule has 0 unspecified atom stereocenters. The monoisotopic (exact) mass is 217 g/mol. The van der Waals surface area contributed by atoms with E-state index < -0.39 is 4.92 Å². The first kappa shape index (κ1) is 10.1. The first-order valence-electron chi connectivity index (χ1n) is 4.49. The first-order valence-corrected chi connectivity index (χ1v) is 4.49. The number of aromatic hydroxyl groups is 1. The zero-order valence-electron chi connectivity index (χ0n) is 8.08. The third kappa shape index (κ3) is 1.38. The fourth-order valence-electron chi connectivity index (χ4n) is 1.64. The van der Waals surface area contributed by atoms with Crippen molar-refractivity contribution < 1.29 is 14.8 Å². The number of nitro groups is 1. The quantitative estimate of drug-likeness (QED) is 0.475. The Bertz CT molecular complexity index is 592. The molecule has 2 rings (SSSR count). The number of rotatable bonds is 2. The van der Waals surface area contributed by atoms with E-state index in [0.717, 1.165) is 0 Å². The number of carbonyl (C=O) groups excluding carboxylic acids is 1. The second kappa shape index (κ2) is 3.62. The summed E-state index contributed by atoms with van der Waals surface area (Å²) in [6.45, 7) is 0. The largest absolute Gasteiger partial charge is 0.507 e. The van der Waals surface area contributed by atoms with Crippen LogP contribution in [0.2, 0.25) is 0 Å². The maximum absolute atomic E-state index is 10.8. The van der Waals surface area contributed by atoms with Gasteiger partial charge in [0.25, 0.3) is 5.69 Å². The van der Waals surface area contributed by atoms with E-state index >= 15 is 0 Å². The second-order valence-corrected chi connectivity index (χ2v) is 3.25. The number of nitrogens with zero attached hydrogens (tertiary/aromatic N) is 1. The molecule has 0 saturated carbocycles. The Hall–Kier alpha value is -2.43. The van der Waals surface area contributed by atoms with Crippen molar-refractivity contribution in [3.63, 3.8) is 0 Å². The van der Waals surface area contributed by atoms with Gasteiger partial charge in [-0.25, -0.2) is 0 Å². The fraction of sp³-hybridized carbons (Fsp3) is 0. The summed E-state index contributed by atoms with van der Waals surface area (Å²) < 4.78 is 0. The van der Waals surface area contributed by atoms with Crippen molar-refractivity contribution in [2.75, 3.05) is 0 Å². The van der Waals surface area contributed by atoms with E-state index in [9.17, 15) is 20.0 Å². The second-order valence-electron chi connectivity index (χ2n) is 3.25. The molecule has 0 aliphatic carbocycles. The molecule has 16 heavy (non-hydrogen) atoms. The lowest BCUT2D eigenvalue weighted by Gasteiger charge is -2.03. The van der Waals surface area contributed by atoms with Crippen molar-refractivity contribution in [1.29, 1.82) is 0 Å². The van der Waals surface area contributed by atoms with E-state index in [0.29, 0.717) is 17.1 Å². The van der Waals surface area contributed by atoms with E-state index in [1.165, 1.54) is 24.3 Å². The smallest absolute Gasteiger partial charge is 0.277 e. The molecule has 5 heteroatoms. The van der Waals surface area contributed by atoms with Gasteiger partial charge < -0.3 is 5.11 Å². The van der Waals surface area contributed by atoms with Crippen LogP contribution >= 0.6 is 0 Å². The fourth-order valence-corrected chi connectivity index (χ4v) is 1.64. The molecule has 0 amide bonds. The first-order chi connectivity index (χ1) is 7.65. The van der Waals surface area contributed by atoms with Crippen LogP contribution in [0.1, 0.15) is 10.4 Å². The van der Waals surface area contributed by atoms with Crippen LogP contribution in [0.15, 0.2) is 30.3 Å². The van der Waals surface area contributed by atoms with Crippen LogP contribution in [0.5, 0.6) is 5.75 Å². The molecule has 80 valence electrons. The average Bonchev–Trinajstić information content (AvgIpc) is 2.27. The summed E-state index contributed by atoms with van der Waals surface area (Å²) in [6.07, 6.45) is 0.487. The van der Waals surface area contributed by atoms with Gasteiger partial charge in [-0.2, -0.15) is 0 Å².